The highest BCUT2D eigenvalue weighted by Crippen LogP contribution is 2.29. The molecular formula is C16H8Cl2N2O. The number of aromatic nitrogens is 1. The van der Waals surface area contributed by atoms with Gasteiger partial charge in [0, 0.05) is 21.5 Å². The van der Waals surface area contributed by atoms with E-state index in [2.05, 4.69) is 11.1 Å². The van der Waals surface area contributed by atoms with Gasteiger partial charge in [0.1, 0.15) is 11.8 Å². The zero-order chi connectivity index (χ0) is 14.8. The maximum atomic E-state index is 9.24. The van der Waals surface area contributed by atoms with E-state index in [0.717, 1.165) is 5.39 Å². The fourth-order valence-electron chi connectivity index (χ4n) is 2.00. The van der Waals surface area contributed by atoms with Crippen molar-refractivity contribution in [2.45, 2.75) is 0 Å². The highest BCUT2D eigenvalue weighted by Gasteiger charge is 2.08. The highest BCUT2D eigenvalue weighted by molar-refractivity contribution is 6.34. The van der Waals surface area contributed by atoms with E-state index in [0.29, 0.717) is 32.8 Å². The zero-order valence-electron chi connectivity index (χ0n) is 10.7. The first-order valence-electron chi connectivity index (χ1n) is 6.09. The van der Waals surface area contributed by atoms with Gasteiger partial charge in [0.25, 0.3) is 0 Å². The number of benzene rings is 2. The topological polar surface area (TPSA) is 45.9 Å². The van der Waals surface area contributed by atoms with E-state index in [4.69, 9.17) is 27.9 Å². The van der Waals surface area contributed by atoms with E-state index in [1.54, 1.807) is 24.3 Å². The summed E-state index contributed by atoms with van der Waals surface area (Å²) in [7, 11) is 0. The second-order valence-electron chi connectivity index (χ2n) is 4.34. The first-order chi connectivity index (χ1) is 10.2. The number of fused-ring (bicyclic) bond motifs is 1. The van der Waals surface area contributed by atoms with Gasteiger partial charge in [0.15, 0.2) is 0 Å². The molecule has 0 aliphatic heterocycles. The van der Waals surface area contributed by atoms with Crippen molar-refractivity contribution < 1.29 is 4.74 Å². The van der Waals surface area contributed by atoms with Crippen molar-refractivity contribution in [3.8, 4) is 17.7 Å². The van der Waals surface area contributed by atoms with Crippen molar-refractivity contribution in [1.82, 2.24) is 4.98 Å². The third-order valence-corrected chi connectivity index (χ3v) is 3.31. The van der Waals surface area contributed by atoms with Crippen LogP contribution < -0.4 is 4.74 Å². The van der Waals surface area contributed by atoms with E-state index in [1.807, 2.05) is 24.3 Å². The molecule has 1 heterocycles. The van der Waals surface area contributed by atoms with Crippen molar-refractivity contribution in [3.63, 3.8) is 0 Å². The van der Waals surface area contributed by atoms with Gasteiger partial charge >= 0.3 is 0 Å². The third-order valence-electron chi connectivity index (χ3n) is 2.87. The van der Waals surface area contributed by atoms with E-state index >= 15 is 0 Å². The lowest BCUT2D eigenvalue weighted by atomic mass is 10.1. The smallest absolute Gasteiger partial charge is 0.221 e. The third kappa shape index (κ3) is 2.92. The Balaban J connectivity index is 2.07. The summed E-state index contributed by atoms with van der Waals surface area (Å²) >= 11 is 11.9. The molecule has 0 unspecified atom stereocenters. The summed E-state index contributed by atoms with van der Waals surface area (Å²) < 4.78 is 5.66. The second kappa shape index (κ2) is 5.61. The number of nitrogens with zero attached hydrogens (tertiary/aromatic N) is 2. The van der Waals surface area contributed by atoms with Gasteiger partial charge in [-0.25, -0.2) is 4.98 Å². The summed E-state index contributed by atoms with van der Waals surface area (Å²) in [5, 5.41) is 11.0. The number of hydrogen-bond donors (Lipinski definition) is 0. The number of hydrogen-bond acceptors (Lipinski definition) is 3. The molecular weight excluding hydrogens is 307 g/mol. The lowest BCUT2D eigenvalue weighted by molar-refractivity contribution is 0.465. The number of ether oxygens (including phenoxy) is 1. The average molecular weight is 315 g/mol. The number of nitriles is 1. The summed E-state index contributed by atoms with van der Waals surface area (Å²) in [6.07, 6.45) is 0. The first-order valence-corrected chi connectivity index (χ1v) is 6.85. The lowest BCUT2D eigenvalue weighted by Crippen LogP contribution is -1.91. The monoisotopic (exact) mass is 314 g/mol. The Morgan fingerprint density at radius 2 is 1.71 bits per heavy atom. The van der Waals surface area contributed by atoms with Gasteiger partial charge in [0.05, 0.1) is 11.1 Å². The van der Waals surface area contributed by atoms with Crippen LogP contribution in [0, 0.1) is 11.3 Å². The molecule has 0 saturated carbocycles. The fraction of sp³-hybridized carbons (Fsp3) is 0. The summed E-state index contributed by atoms with van der Waals surface area (Å²) in [6.45, 7) is 0. The molecule has 0 spiro atoms. The number of pyridine rings is 1. The summed E-state index contributed by atoms with van der Waals surface area (Å²) in [4.78, 5) is 4.38. The lowest BCUT2D eigenvalue weighted by Gasteiger charge is -2.08. The van der Waals surface area contributed by atoms with Crippen molar-refractivity contribution in [2.75, 3.05) is 0 Å². The van der Waals surface area contributed by atoms with E-state index < -0.39 is 0 Å². The quantitative estimate of drug-likeness (QED) is 0.652. The van der Waals surface area contributed by atoms with Crippen LogP contribution in [0.25, 0.3) is 10.9 Å². The minimum absolute atomic E-state index is 0.323. The molecule has 0 amide bonds. The molecule has 0 aliphatic carbocycles. The van der Waals surface area contributed by atoms with E-state index in [-0.39, 0.29) is 0 Å². The standard InChI is InChI=1S/C16H8Cl2N2O/c17-11-6-12(18)8-13(7-11)21-16-5-10(9-19)14-3-1-2-4-15(14)20-16/h1-8H. The normalized spacial score (nSPS) is 10.3. The van der Waals surface area contributed by atoms with Crippen LogP contribution in [-0.4, -0.2) is 4.98 Å². The van der Waals surface area contributed by atoms with E-state index in [9.17, 15) is 5.26 Å². The van der Waals surface area contributed by atoms with Gasteiger partial charge in [-0.15, -0.1) is 0 Å². The Labute approximate surface area is 131 Å². The van der Waals surface area contributed by atoms with Crippen molar-refractivity contribution in [1.29, 1.82) is 5.26 Å². The van der Waals surface area contributed by atoms with Crippen molar-refractivity contribution >= 4 is 34.1 Å². The second-order valence-corrected chi connectivity index (χ2v) is 5.22. The van der Waals surface area contributed by atoms with E-state index in [1.165, 1.54) is 0 Å². The van der Waals surface area contributed by atoms with Gasteiger partial charge in [-0.1, -0.05) is 41.4 Å². The maximum absolute atomic E-state index is 9.24. The summed E-state index contributed by atoms with van der Waals surface area (Å²) in [5.74, 6) is 0.794. The van der Waals surface area contributed by atoms with Crippen LogP contribution in [0.3, 0.4) is 0 Å². The molecule has 3 aromatic rings. The molecule has 102 valence electrons. The predicted octanol–water partition coefficient (Wildman–Crippen LogP) is 5.21. The predicted molar refractivity (Wildman–Crippen MR) is 83.0 cm³/mol. The largest absolute Gasteiger partial charge is 0.439 e. The highest BCUT2D eigenvalue weighted by atomic mass is 35.5. The molecule has 0 radical (unpaired) electrons. The van der Waals surface area contributed by atoms with Crippen molar-refractivity contribution in [3.05, 3.63) is 64.1 Å². The SMILES string of the molecule is N#Cc1cc(Oc2cc(Cl)cc(Cl)c2)nc2ccccc12. The first kappa shape index (κ1) is 13.7. The molecule has 3 nitrogen and oxygen atoms in total. The molecule has 3 rings (SSSR count). The minimum atomic E-state index is 0.323. The summed E-state index contributed by atoms with van der Waals surface area (Å²) in [5.41, 5.74) is 1.20. The molecule has 5 heteroatoms. The Morgan fingerprint density at radius 1 is 1.00 bits per heavy atom. The molecule has 0 fully saturated rings. The Kier molecular flexibility index (Phi) is 3.66. The minimum Gasteiger partial charge on any atom is -0.439 e. The van der Waals surface area contributed by atoms with Crippen LogP contribution in [0.5, 0.6) is 11.6 Å². The van der Waals surface area contributed by atoms with Gasteiger partial charge in [-0.3, -0.25) is 0 Å². The Hall–Kier alpha value is -2.28. The number of halogens is 2. The molecule has 0 N–H and O–H groups in total. The van der Waals surface area contributed by atoms with Crippen LogP contribution >= 0.6 is 23.2 Å². The molecule has 0 aliphatic rings. The maximum Gasteiger partial charge on any atom is 0.221 e. The summed E-state index contributed by atoms with van der Waals surface area (Å²) in [6, 6.07) is 16.0. The zero-order valence-corrected chi connectivity index (χ0v) is 12.2. The average Bonchev–Trinajstić information content (AvgIpc) is 2.45. The molecule has 0 bridgehead atoms. The van der Waals surface area contributed by atoms with Gasteiger partial charge < -0.3 is 4.74 Å². The van der Waals surface area contributed by atoms with Crippen LogP contribution in [0.4, 0.5) is 0 Å². The Morgan fingerprint density at radius 3 is 2.43 bits per heavy atom. The van der Waals surface area contributed by atoms with Crippen LogP contribution in [0.1, 0.15) is 5.56 Å². The van der Waals surface area contributed by atoms with Gasteiger partial charge in [-0.2, -0.15) is 5.26 Å². The number of para-hydroxylation sites is 1. The van der Waals surface area contributed by atoms with Crippen molar-refractivity contribution in [2.24, 2.45) is 0 Å². The molecule has 0 saturated heterocycles. The van der Waals surface area contributed by atoms with Crippen LogP contribution in [0.15, 0.2) is 48.5 Å². The van der Waals surface area contributed by atoms with Crippen LogP contribution in [-0.2, 0) is 0 Å². The molecule has 21 heavy (non-hydrogen) atoms. The molecule has 1 aromatic heterocycles. The fourth-order valence-corrected chi connectivity index (χ4v) is 2.51. The number of rotatable bonds is 2. The van der Waals surface area contributed by atoms with Crippen LogP contribution in [0.2, 0.25) is 10.0 Å². The molecule has 0 atom stereocenters. The van der Waals surface area contributed by atoms with Gasteiger partial charge in [0.2, 0.25) is 5.88 Å². The molecule has 2 aromatic carbocycles. The Bertz CT molecular complexity index is 852. The van der Waals surface area contributed by atoms with Gasteiger partial charge in [-0.05, 0) is 24.3 Å².